The highest BCUT2D eigenvalue weighted by Crippen LogP contribution is 2.25. The number of hydrogen-bond donors (Lipinski definition) is 1. The Morgan fingerprint density at radius 2 is 2.35 bits per heavy atom. The maximum absolute atomic E-state index is 3.49. The molecular formula is C14H24N2S. The Labute approximate surface area is 109 Å². The number of nitrogens with one attached hydrogen (secondary N) is 1. The molecule has 96 valence electrons. The predicted molar refractivity (Wildman–Crippen MR) is 75.7 cm³/mol. The minimum absolute atomic E-state index is 0.701. The van der Waals surface area contributed by atoms with Crippen molar-refractivity contribution in [1.29, 1.82) is 0 Å². The molecule has 0 saturated heterocycles. The number of hydrogen-bond acceptors (Lipinski definition) is 3. The quantitative estimate of drug-likeness (QED) is 0.783. The highest BCUT2D eigenvalue weighted by atomic mass is 32.1. The van der Waals surface area contributed by atoms with Crippen LogP contribution in [0.3, 0.4) is 0 Å². The van der Waals surface area contributed by atoms with Crippen LogP contribution in [-0.2, 0) is 13.0 Å². The van der Waals surface area contributed by atoms with Gasteiger partial charge in [-0.2, -0.15) is 0 Å². The van der Waals surface area contributed by atoms with Gasteiger partial charge in [0.05, 0.1) is 0 Å². The third-order valence-electron chi connectivity index (χ3n) is 3.63. The highest BCUT2D eigenvalue weighted by Gasteiger charge is 2.20. The fourth-order valence-electron chi connectivity index (χ4n) is 2.44. The first-order valence-electron chi connectivity index (χ1n) is 6.81. The lowest BCUT2D eigenvalue weighted by Crippen LogP contribution is -2.38. The van der Waals surface area contributed by atoms with Crippen LogP contribution in [0.1, 0.15) is 37.1 Å². The average Bonchev–Trinajstić information content (AvgIpc) is 2.81. The first-order valence-corrected chi connectivity index (χ1v) is 7.69. The minimum Gasteiger partial charge on any atom is -0.317 e. The molecule has 0 aliphatic carbocycles. The summed E-state index contributed by atoms with van der Waals surface area (Å²) in [7, 11) is 0. The summed E-state index contributed by atoms with van der Waals surface area (Å²) in [6.45, 7) is 9.30. The Hall–Kier alpha value is -0.380. The van der Waals surface area contributed by atoms with Crippen molar-refractivity contribution in [3.8, 4) is 0 Å². The summed E-state index contributed by atoms with van der Waals surface area (Å²) in [6, 6.07) is 3.00. The van der Waals surface area contributed by atoms with Gasteiger partial charge >= 0.3 is 0 Å². The molecule has 3 heteroatoms. The molecule has 0 radical (unpaired) electrons. The SMILES string of the molecule is CCCNCCC(C)N1CCc2sccc2C1. The van der Waals surface area contributed by atoms with E-state index in [9.17, 15) is 0 Å². The second-order valence-electron chi connectivity index (χ2n) is 4.98. The molecule has 1 aromatic heterocycles. The highest BCUT2D eigenvalue weighted by molar-refractivity contribution is 7.10. The monoisotopic (exact) mass is 252 g/mol. The normalized spacial score (nSPS) is 18.0. The fraction of sp³-hybridized carbons (Fsp3) is 0.714. The molecule has 1 aromatic rings. The van der Waals surface area contributed by atoms with Crippen molar-refractivity contribution in [2.24, 2.45) is 0 Å². The third-order valence-corrected chi connectivity index (χ3v) is 4.65. The van der Waals surface area contributed by atoms with E-state index in [2.05, 4.69) is 35.5 Å². The van der Waals surface area contributed by atoms with Gasteiger partial charge in [0.25, 0.3) is 0 Å². The van der Waals surface area contributed by atoms with Gasteiger partial charge in [-0.15, -0.1) is 11.3 Å². The molecule has 1 aliphatic heterocycles. The first kappa shape index (κ1) is 13.1. The molecule has 0 saturated carbocycles. The van der Waals surface area contributed by atoms with Crippen molar-refractivity contribution < 1.29 is 0 Å². The van der Waals surface area contributed by atoms with E-state index in [1.54, 1.807) is 10.4 Å². The maximum Gasteiger partial charge on any atom is 0.0247 e. The van der Waals surface area contributed by atoms with Gasteiger partial charge in [-0.1, -0.05) is 6.92 Å². The van der Waals surface area contributed by atoms with Crippen LogP contribution in [0.25, 0.3) is 0 Å². The third kappa shape index (κ3) is 3.54. The van der Waals surface area contributed by atoms with Crippen molar-refractivity contribution in [3.05, 3.63) is 21.9 Å². The summed E-state index contributed by atoms with van der Waals surface area (Å²) < 4.78 is 0. The Morgan fingerprint density at radius 3 is 3.18 bits per heavy atom. The molecule has 1 N–H and O–H groups in total. The van der Waals surface area contributed by atoms with E-state index in [0.29, 0.717) is 6.04 Å². The topological polar surface area (TPSA) is 15.3 Å². The van der Waals surface area contributed by atoms with Crippen LogP contribution in [0, 0.1) is 0 Å². The molecule has 0 amide bonds. The van der Waals surface area contributed by atoms with Crippen molar-refractivity contribution >= 4 is 11.3 Å². The summed E-state index contributed by atoms with van der Waals surface area (Å²) in [5.41, 5.74) is 1.56. The molecule has 0 aromatic carbocycles. The molecule has 0 spiro atoms. The number of thiophene rings is 1. The van der Waals surface area contributed by atoms with Gasteiger partial charge in [-0.05, 0) is 56.3 Å². The smallest absolute Gasteiger partial charge is 0.0247 e. The predicted octanol–water partition coefficient (Wildman–Crippen LogP) is 2.88. The van der Waals surface area contributed by atoms with Crippen LogP contribution in [0.2, 0.25) is 0 Å². The molecule has 1 unspecified atom stereocenters. The van der Waals surface area contributed by atoms with E-state index < -0.39 is 0 Å². The Kier molecular flexibility index (Phi) is 5.01. The summed E-state index contributed by atoms with van der Waals surface area (Å²) in [5, 5.41) is 5.73. The van der Waals surface area contributed by atoms with Gasteiger partial charge in [0.1, 0.15) is 0 Å². The minimum atomic E-state index is 0.701. The zero-order chi connectivity index (χ0) is 12.1. The van der Waals surface area contributed by atoms with Gasteiger partial charge in [-0.25, -0.2) is 0 Å². The molecule has 17 heavy (non-hydrogen) atoms. The Balaban J connectivity index is 1.76. The van der Waals surface area contributed by atoms with Crippen molar-refractivity contribution in [2.45, 2.75) is 45.7 Å². The molecule has 2 heterocycles. The van der Waals surface area contributed by atoms with Crippen LogP contribution in [0.4, 0.5) is 0 Å². The molecule has 0 bridgehead atoms. The molecule has 0 fully saturated rings. The molecule has 2 rings (SSSR count). The van der Waals surface area contributed by atoms with E-state index in [1.165, 1.54) is 25.8 Å². The average molecular weight is 252 g/mol. The lowest BCUT2D eigenvalue weighted by atomic mass is 10.1. The maximum atomic E-state index is 3.49. The second-order valence-corrected chi connectivity index (χ2v) is 5.98. The van der Waals surface area contributed by atoms with Gasteiger partial charge < -0.3 is 5.32 Å². The van der Waals surface area contributed by atoms with Crippen molar-refractivity contribution in [1.82, 2.24) is 10.2 Å². The molecule has 1 aliphatic rings. The summed E-state index contributed by atoms with van der Waals surface area (Å²) in [4.78, 5) is 4.24. The van der Waals surface area contributed by atoms with Crippen LogP contribution in [-0.4, -0.2) is 30.6 Å². The summed E-state index contributed by atoms with van der Waals surface area (Å²) >= 11 is 1.92. The molecule has 1 atom stereocenters. The van der Waals surface area contributed by atoms with E-state index in [1.807, 2.05) is 11.3 Å². The van der Waals surface area contributed by atoms with Crippen LogP contribution in [0.15, 0.2) is 11.4 Å². The zero-order valence-electron chi connectivity index (χ0n) is 11.0. The number of rotatable bonds is 6. The van der Waals surface area contributed by atoms with Crippen LogP contribution < -0.4 is 5.32 Å². The van der Waals surface area contributed by atoms with Gasteiger partial charge in [0.2, 0.25) is 0 Å². The number of nitrogens with zero attached hydrogens (tertiary/aromatic N) is 1. The van der Waals surface area contributed by atoms with Gasteiger partial charge in [0.15, 0.2) is 0 Å². The van der Waals surface area contributed by atoms with E-state index >= 15 is 0 Å². The zero-order valence-corrected chi connectivity index (χ0v) is 11.9. The summed E-state index contributed by atoms with van der Waals surface area (Å²) in [5.74, 6) is 0. The van der Waals surface area contributed by atoms with E-state index in [4.69, 9.17) is 0 Å². The molecule has 2 nitrogen and oxygen atoms in total. The lowest BCUT2D eigenvalue weighted by Gasteiger charge is -2.32. The van der Waals surface area contributed by atoms with Crippen molar-refractivity contribution in [3.63, 3.8) is 0 Å². The number of fused-ring (bicyclic) bond motifs is 1. The van der Waals surface area contributed by atoms with Gasteiger partial charge in [-0.3, -0.25) is 4.90 Å². The summed E-state index contributed by atoms with van der Waals surface area (Å²) in [6.07, 6.45) is 3.75. The van der Waals surface area contributed by atoms with E-state index in [0.717, 1.165) is 19.6 Å². The van der Waals surface area contributed by atoms with Crippen LogP contribution in [0.5, 0.6) is 0 Å². The second kappa shape index (κ2) is 6.53. The van der Waals surface area contributed by atoms with Crippen molar-refractivity contribution in [2.75, 3.05) is 19.6 Å². The van der Waals surface area contributed by atoms with E-state index in [-0.39, 0.29) is 0 Å². The molecular weight excluding hydrogens is 228 g/mol. The van der Waals surface area contributed by atoms with Crippen LogP contribution >= 0.6 is 11.3 Å². The largest absolute Gasteiger partial charge is 0.317 e. The Bertz CT molecular complexity index is 335. The standard InChI is InChI=1S/C14H24N2S/c1-3-7-15-8-4-12(2)16-9-5-14-13(11-16)6-10-17-14/h6,10,12,15H,3-5,7-9,11H2,1-2H3. The fourth-order valence-corrected chi connectivity index (χ4v) is 3.33. The Morgan fingerprint density at radius 1 is 1.47 bits per heavy atom. The first-order chi connectivity index (χ1) is 8.31. The van der Waals surface area contributed by atoms with Gasteiger partial charge in [0, 0.05) is 24.0 Å². The lowest BCUT2D eigenvalue weighted by molar-refractivity contribution is 0.183.